The van der Waals surface area contributed by atoms with Crippen LogP contribution in [0.15, 0.2) is 17.6 Å². The van der Waals surface area contributed by atoms with E-state index in [1.54, 1.807) is 22.2 Å². The van der Waals surface area contributed by atoms with Crippen molar-refractivity contribution in [3.8, 4) is 0 Å². The van der Waals surface area contributed by atoms with Crippen LogP contribution >= 0.6 is 11.3 Å². The van der Waals surface area contributed by atoms with Crippen LogP contribution in [0.25, 0.3) is 0 Å². The van der Waals surface area contributed by atoms with Gasteiger partial charge in [0.15, 0.2) is 0 Å². The van der Waals surface area contributed by atoms with Crippen LogP contribution in [-0.4, -0.2) is 32.3 Å². The maximum atomic E-state index is 12.4. The molecule has 0 radical (unpaired) electrons. The molecule has 20 heavy (non-hydrogen) atoms. The molecule has 2 aromatic heterocycles. The van der Waals surface area contributed by atoms with Crippen molar-refractivity contribution in [3.05, 3.63) is 33.8 Å². The van der Waals surface area contributed by atoms with Crippen LogP contribution in [-0.2, 0) is 24.3 Å². The number of hydrogen-bond donors (Lipinski definition) is 1. The Bertz CT molecular complexity index is 620. The number of nitrogens with two attached hydrogens (primary N) is 1. The second-order valence-electron chi connectivity index (χ2n) is 4.92. The zero-order valence-electron chi connectivity index (χ0n) is 11.3. The second kappa shape index (κ2) is 5.34. The molecule has 0 aromatic carbocycles. The van der Waals surface area contributed by atoms with Crippen molar-refractivity contribution in [1.29, 1.82) is 0 Å². The summed E-state index contributed by atoms with van der Waals surface area (Å²) in [5, 5.41) is 9.92. The zero-order chi connectivity index (χ0) is 14.1. The molecule has 1 aliphatic rings. The number of nitrogens with zero attached hydrogens (tertiary/aromatic N) is 4. The van der Waals surface area contributed by atoms with E-state index in [1.807, 2.05) is 4.90 Å². The molecule has 0 aliphatic carbocycles. The Balaban J connectivity index is 1.72. The van der Waals surface area contributed by atoms with Crippen LogP contribution in [0.5, 0.6) is 0 Å². The number of hydrogen-bond acceptors (Lipinski definition) is 5. The van der Waals surface area contributed by atoms with E-state index in [9.17, 15) is 4.79 Å². The fourth-order valence-electron chi connectivity index (χ4n) is 2.59. The molecule has 1 unspecified atom stereocenters. The molecule has 0 saturated carbocycles. The van der Waals surface area contributed by atoms with E-state index >= 15 is 0 Å². The van der Waals surface area contributed by atoms with Gasteiger partial charge in [-0.1, -0.05) is 5.21 Å². The fraction of sp³-hybridized carbons (Fsp3) is 0.462. The lowest BCUT2D eigenvalue weighted by Crippen LogP contribution is -2.40. The molecule has 0 saturated heterocycles. The average molecular weight is 291 g/mol. The summed E-state index contributed by atoms with van der Waals surface area (Å²) >= 11 is 1.77. The predicted molar refractivity (Wildman–Crippen MR) is 76.1 cm³/mol. The molecule has 0 bridgehead atoms. The predicted octanol–water partition coefficient (Wildman–Crippen LogP) is 0.944. The van der Waals surface area contributed by atoms with Crippen LogP contribution in [0.2, 0.25) is 0 Å². The SMILES string of the molecule is CC1c2ccsc2CCN1C(=O)Cn1cc(CN)nn1. The molecule has 0 spiro atoms. The third kappa shape index (κ3) is 2.34. The third-order valence-electron chi connectivity index (χ3n) is 3.69. The first kappa shape index (κ1) is 13.3. The van der Waals surface area contributed by atoms with Gasteiger partial charge < -0.3 is 10.6 Å². The van der Waals surface area contributed by atoms with Gasteiger partial charge in [0.1, 0.15) is 6.54 Å². The Labute approximate surface area is 121 Å². The maximum absolute atomic E-state index is 12.4. The van der Waals surface area contributed by atoms with Crippen molar-refractivity contribution in [2.75, 3.05) is 6.54 Å². The summed E-state index contributed by atoms with van der Waals surface area (Å²) in [4.78, 5) is 15.7. The molecule has 2 N–H and O–H groups in total. The first-order valence-corrected chi connectivity index (χ1v) is 7.52. The van der Waals surface area contributed by atoms with Gasteiger partial charge in [-0.15, -0.1) is 16.4 Å². The molecule has 3 heterocycles. The summed E-state index contributed by atoms with van der Waals surface area (Å²) in [6.07, 6.45) is 2.66. The number of fused-ring (bicyclic) bond motifs is 1. The van der Waals surface area contributed by atoms with Crippen molar-refractivity contribution in [3.63, 3.8) is 0 Å². The summed E-state index contributed by atoms with van der Waals surface area (Å²) in [6, 6.07) is 2.25. The minimum absolute atomic E-state index is 0.0721. The van der Waals surface area contributed by atoms with Crippen molar-refractivity contribution in [2.45, 2.75) is 32.5 Å². The van der Waals surface area contributed by atoms with Gasteiger partial charge >= 0.3 is 0 Å². The van der Waals surface area contributed by atoms with Crippen molar-refractivity contribution < 1.29 is 4.79 Å². The van der Waals surface area contributed by atoms with E-state index < -0.39 is 0 Å². The summed E-state index contributed by atoms with van der Waals surface area (Å²) in [5.41, 5.74) is 7.46. The largest absolute Gasteiger partial charge is 0.334 e. The first-order chi connectivity index (χ1) is 9.69. The molecule has 1 amide bonds. The number of amides is 1. The van der Waals surface area contributed by atoms with E-state index in [0.717, 1.165) is 13.0 Å². The van der Waals surface area contributed by atoms with E-state index in [2.05, 4.69) is 28.7 Å². The molecule has 6 nitrogen and oxygen atoms in total. The van der Waals surface area contributed by atoms with Gasteiger partial charge in [0, 0.05) is 18.0 Å². The Morgan fingerprint density at radius 3 is 3.20 bits per heavy atom. The van der Waals surface area contributed by atoms with Gasteiger partial charge in [0.25, 0.3) is 0 Å². The minimum atomic E-state index is 0.0721. The lowest BCUT2D eigenvalue weighted by Gasteiger charge is -2.33. The van der Waals surface area contributed by atoms with Crippen molar-refractivity contribution in [1.82, 2.24) is 19.9 Å². The lowest BCUT2D eigenvalue weighted by atomic mass is 10.0. The van der Waals surface area contributed by atoms with Gasteiger partial charge in [0.05, 0.1) is 17.9 Å². The van der Waals surface area contributed by atoms with E-state index in [1.165, 1.54) is 10.4 Å². The molecule has 106 valence electrons. The van der Waals surface area contributed by atoms with E-state index in [0.29, 0.717) is 12.2 Å². The molecule has 2 aromatic rings. The Hall–Kier alpha value is -1.73. The van der Waals surface area contributed by atoms with Crippen LogP contribution in [0.3, 0.4) is 0 Å². The van der Waals surface area contributed by atoms with Crippen LogP contribution in [0.1, 0.15) is 29.1 Å². The van der Waals surface area contributed by atoms with Gasteiger partial charge in [-0.05, 0) is 30.4 Å². The zero-order valence-corrected chi connectivity index (χ0v) is 12.1. The highest BCUT2D eigenvalue weighted by Gasteiger charge is 2.28. The van der Waals surface area contributed by atoms with Crippen molar-refractivity contribution >= 4 is 17.2 Å². The first-order valence-electron chi connectivity index (χ1n) is 6.64. The van der Waals surface area contributed by atoms with Crippen LogP contribution in [0, 0.1) is 0 Å². The molecule has 7 heteroatoms. The second-order valence-corrected chi connectivity index (χ2v) is 5.92. The van der Waals surface area contributed by atoms with Crippen LogP contribution in [0.4, 0.5) is 0 Å². The summed E-state index contributed by atoms with van der Waals surface area (Å²) in [5.74, 6) is 0.0721. The smallest absolute Gasteiger partial charge is 0.244 e. The lowest BCUT2D eigenvalue weighted by molar-refractivity contribution is -0.134. The normalized spacial score (nSPS) is 18.1. The third-order valence-corrected chi connectivity index (χ3v) is 4.69. The summed E-state index contributed by atoms with van der Waals surface area (Å²) in [6.45, 7) is 3.41. The van der Waals surface area contributed by atoms with Gasteiger partial charge in [-0.2, -0.15) is 0 Å². The topological polar surface area (TPSA) is 77.0 Å². The number of carbonyl (C=O) groups is 1. The highest BCUT2D eigenvalue weighted by Crippen LogP contribution is 2.32. The number of thiophene rings is 1. The molecule has 3 rings (SSSR count). The standard InChI is InChI=1S/C13H17N5OS/c1-9-11-3-5-20-12(11)2-4-18(9)13(19)8-17-7-10(6-14)15-16-17/h3,5,7,9H,2,4,6,8,14H2,1H3. The van der Waals surface area contributed by atoms with E-state index in [-0.39, 0.29) is 18.5 Å². The molecule has 0 fully saturated rings. The molecule has 1 atom stereocenters. The van der Waals surface area contributed by atoms with Gasteiger partial charge in [-0.3, -0.25) is 4.79 Å². The number of carbonyl (C=O) groups excluding carboxylic acids is 1. The quantitative estimate of drug-likeness (QED) is 0.913. The molecule has 1 aliphatic heterocycles. The fourth-order valence-corrected chi connectivity index (χ4v) is 3.55. The van der Waals surface area contributed by atoms with Crippen LogP contribution < -0.4 is 5.73 Å². The Morgan fingerprint density at radius 2 is 2.45 bits per heavy atom. The number of aromatic nitrogens is 3. The number of rotatable bonds is 3. The molecular weight excluding hydrogens is 274 g/mol. The van der Waals surface area contributed by atoms with E-state index in [4.69, 9.17) is 5.73 Å². The highest BCUT2D eigenvalue weighted by molar-refractivity contribution is 7.10. The average Bonchev–Trinajstić information content (AvgIpc) is 3.07. The Kier molecular flexibility index (Phi) is 3.54. The summed E-state index contributed by atoms with van der Waals surface area (Å²) < 4.78 is 1.56. The summed E-state index contributed by atoms with van der Waals surface area (Å²) in [7, 11) is 0. The maximum Gasteiger partial charge on any atom is 0.244 e. The molecular formula is C13H17N5OS. The highest BCUT2D eigenvalue weighted by atomic mass is 32.1. The Morgan fingerprint density at radius 1 is 1.60 bits per heavy atom. The van der Waals surface area contributed by atoms with Gasteiger partial charge in [-0.25, -0.2) is 4.68 Å². The minimum Gasteiger partial charge on any atom is -0.334 e. The van der Waals surface area contributed by atoms with Crippen molar-refractivity contribution in [2.24, 2.45) is 5.73 Å². The monoisotopic (exact) mass is 291 g/mol. The van der Waals surface area contributed by atoms with Gasteiger partial charge in [0.2, 0.25) is 5.91 Å².